The van der Waals surface area contributed by atoms with Crippen molar-refractivity contribution in [2.75, 3.05) is 12.0 Å². The number of carbonyl (C=O) groups is 2. The molecule has 1 atom stereocenters. The molecule has 0 rings (SSSR count). The van der Waals surface area contributed by atoms with Crippen molar-refractivity contribution in [2.45, 2.75) is 109 Å². The first-order valence-electron chi connectivity index (χ1n) is 11.3. The number of allylic oxidation sites excluding steroid dienone is 2. The van der Waals surface area contributed by atoms with Gasteiger partial charge in [-0.05, 0) is 50.5 Å². The van der Waals surface area contributed by atoms with Gasteiger partial charge < -0.3 is 10.4 Å². The zero-order chi connectivity index (χ0) is 20.9. The smallest absolute Gasteiger partial charge is 0.326 e. The molecule has 1 amide bonds. The summed E-state index contributed by atoms with van der Waals surface area (Å²) in [6.07, 6.45) is 23.5. The van der Waals surface area contributed by atoms with Crippen LogP contribution in [-0.2, 0) is 9.59 Å². The lowest BCUT2D eigenvalue weighted by Crippen LogP contribution is -2.41. The number of amides is 1. The fraction of sp³-hybridized carbons (Fsp3) is 0.826. The predicted octanol–water partition coefficient (Wildman–Crippen LogP) is 6.35. The maximum atomic E-state index is 11.9. The number of unbranched alkanes of at least 4 members (excludes halogenated alkanes) is 11. The Bertz CT molecular complexity index is 413. The lowest BCUT2D eigenvalue weighted by Gasteiger charge is -2.13. The molecule has 0 aromatic heterocycles. The monoisotopic (exact) mass is 413 g/mol. The molecule has 0 aliphatic rings. The lowest BCUT2D eigenvalue weighted by atomic mass is 10.1. The Morgan fingerprint density at radius 2 is 1.43 bits per heavy atom. The van der Waals surface area contributed by atoms with Crippen LogP contribution in [0.15, 0.2) is 12.2 Å². The summed E-state index contributed by atoms with van der Waals surface area (Å²) in [7, 11) is 0. The molecule has 0 bridgehead atoms. The summed E-state index contributed by atoms with van der Waals surface area (Å²) >= 11 is 1.60. The quantitative estimate of drug-likeness (QED) is 0.180. The van der Waals surface area contributed by atoms with Crippen molar-refractivity contribution in [3.05, 3.63) is 12.2 Å². The highest BCUT2D eigenvalue weighted by Gasteiger charge is 2.18. The van der Waals surface area contributed by atoms with Crippen molar-refractivity contribution in [3.8, 4) is 0 Å². The van der Waals surface area contributed by atoms with Crippen LogP contribution in [0, 0.1) is 0 Å². The summed E-state index contributed by atoms with van der Waals surface area (Å²) in [6, 6.07) is -0.744. The van der Waals surface area contributed by atoms with Crippen LogP contribution in [0.2, 0.25) is 0 Å². The molecule has 28 heavy (non-hydrogen) atoms. The molecule has 0 aromatic rings. The first-order valence-corrected chi connectivity index (χ1v) is 12.7. The van der Waals surface area contributed by atoms with Crippen LogP contribution in [0.4, 0.5) is 0 Å². The van der Waals surface area contributed by atoms with Crippen LogP contribution < -0.4 is 5.32 Å². The number of aliphatic carboxylic acids is 1. The standard InChI is InChI=1S/C23H43NO3S/c1-3-4-5-6-7-8-9-10-11-12-13-14-15-16-17-18-22(25)24-21(23(26)27)19-20-28-2/h7-8,21H,3-6,9-20H2,1-2H3,(H,24,25)(H,26,27)/b8-7-. The van der Waals surface area contributed by atoms with E-state index in [9.17, 15) is 9.59 Å². The van der Waals surface area contributed by atoms with E-state index in [1.807, 2.05) is 6.26 Å². The third-order valence-corrected chi connectivity index (χ3v) is 5.55. The van der Waals surface area contributed by atoms with E-state index in [0.717, 1.165) is 18.6 Å². The molecule has 0 radical (unpaired) electrons. The number of nitrogens with one attached hydrogen (secondary N) is 1. The van der Waals surface area contributed by atoms with E-state index in [2.05, 4.69) is 24.4 Å². The molecule has 0 aromatic carbocycles. The van der Waals surface area contributed by atoms with E-state index in [4.69, 9.17) is 5.11 Å². The molecular weight excluding hydrogens is 370 g/mol. The molecule has 0 heterocycles. The second kappa shape index (κ2) is 20.8. The maximum Gasteiger partial charge on any atom is 0.326 e. The largest absolute Gasteiger partial charge is 0.480 e. The van der Waals surface area contributed by atoms with Gasteiger partial charge >= 0.3 is 5.97 Å². The van der Waals surface area contributed by atoms with Gasteiger partial charge in [0, 0.05) is 6.42 Å². The van der Waals surface area contributed by atoms with Crippen molar-refractivity contribution in [1.82, 2.24) is 5.32 Å². The lowest BCUT2D eigenvalue weighted by molar-refractivity contribution is -0.141. The minimum atomic E-state index is -0.936. The fourth-order valence-electron chi connectivity index (χ4n) is 3.12. The van der Waals surface area contributed by atoms with Gasteiger partial charge in [-0.3, -0.25) is 4.79 Å². The number of hydrogen-bond acceptors (Lipinski definition) is 3. The van der Waals surface area contributed by atoms with E-state index < -0.39 is 12.0 Å². The van der Waals surface area contributed by atoms with Crippen molar-refractivity contribution >= 4 is 23.6 Å². The molecule has 0 aliphatic carbocycles. The number of thioether (sulfide) groups is 1. The van der Waals surface area contributed by atoms with Gasteiger partial charge in [-0.15, -0.1) is 0 Å². The highest BCUT2D eigenvalue weighted by molar-refractivity contribution is 7.98. The molecular formula is C23H43NO3S. The molecule has 0 spiro atoms. The Hall–Kier alpha value is -0.970. The second-order valence-electron chi connectivity index (χ2n) is 7.57. The van der Waals surface area contributed by atoms with Gasteiger partial charge in [0.1, 0.15) is 6.04 Å². The fourth-order valence-corrected chi connectivity index (χ4v) is 3.59. The van der Waals surface area contributed by atoms with Crippen LogP contribution in [-0.4, -0.2) is 35.0 Å². The summed E-state index contributed by atoms with van der Waals surface area (Å²) < 4.78 is 0. The average Bonchev–Trinajstić information content (AvgIpc) is 2.67. The second-order valence-corrected chi connectivity index (χ2v) is 8.56. The summed E-state index contributed by atoms with van der Waals surface area (Å²) in [6.45, 7) is 2.24. The Balaban J connectivity index is 3.44. The number of carboxylic acid groups (broad SMARTS) is 1. The van der Waals surface area contributed by atoms with Crippen LogP contribution in [0.5, 0.6) is 0 Å². The average molecular weight is 414 g/mol. The Morgan fingerprint density at radius 3 is 1.96 bits per heavy atom. The van der Waals surface area contributed by atoms with Crippen LogP contribution in [0.3, 0.4) is 0 Å². The van der Waals surface area contributed by atoms with Crippen LogP contribution in [0.25, 0.3) is 0 Å². The molecule has 0 saturated carbocycles. The minimum absolute atomic E-state index is 0.128. The normalized spacial score (nSPS) is 12.4. The molecule has 1 unspecified atom stereocenters. The number of rotatable bonds is 20. The molecule has 0 saturated heterocycles. The third kappa shape index (κ3) is 18.4. The highest BCUT2D eigenvalue weighted by atomic mass is 32.2. The zero-order valence-electron chi connectivity index (χ0n) is 18.2. The van der Waals surface area contributed by atoms with Gasteiger partial charge in [0.2, 0.25) is 5.91 Å². The van der Waals surface area contributed by atoms with Gasteiger partial charge in [0.05, 0.1) is 0 Å². The molecule has 2 N–H and O–H groups in total. The van der Waals surface area contributed by atoms with E-state index in [1.54, 1.807) is 11.8 Å². The van der Waals surface area contributed by atoms with Crippen molar-refractivity contribution in [1.29, 1.82) is 0 Å². The predicted molar refractivity (Wildman–Crippen MR) is 122 cm³/mol. The van der Waals surface area contributed by atoms with Crippen molar-refractivity contribution in [3.63, 3.8) is 0 Å². The Morgan fingerprint density at radius 1 is 0.893 bits per heavy atom. The van der Waals surface area contributed by atoms with Crippen molar-refractivity contribution in [2.24, 2.45) is 0 Å². The number of carbonyl (C=O) groups excluding carboxylic acids is 1. The molecule has 5 heteroatoms. The summed E-state index contributed by atoms with van der Waals surface area (Å²) in [5, 5.41) is 11.8. The molecule has 164 valence electrons. The maximum absolute atomic E-state index is 11.9. The number of hydrogen-bond donors (Lipinski definition) is 2. The van der Waals surface area contributed by atoms with Crippen molar-refractivity contribution < 1.29 is 14.7 Å². The van der Waals surface area contributed by atoms with Crippen LogP contribution >= 0.6 is 11.8 Å². The topological polar surface area (TPSA) is 66.4 Å². The number of carboxylic acids is 1. The van der Waals surface area contributed by atoms with E-state index in [-0.39, 0.29) is 5.91 Å². The van der Waals surface area contributed by atoms with E-state index in [0.29, 0.717) is 12.8 Å². The first kappa shape index (κ1) is 27.0. The van der Waals surface area contributed by atoms with Gasteiger partial charge in [0.25, 0.3) is 0 Å². The third-order valence-electron chi connectivity index (χ3n) is 4.91. The van der Waals surface area contributed by atoms with Gasteiger partial charge in [-0.2, -0.15) is 11.8 Å². The molecule has 0 fully saturated rings. The molecule has 4 nitrogen and oxygen atoms in total. The molecule has 0 aliphatic heterocycles. The summed E-state index contributed by atoms with van der Waals surface area (Å²) in [5.41, 5.74) is 0. The zero-order valence-corrected chi connectivity index (χ0v) is 19.0. The van der Waals surface area contributed by atoms with E-state index >= 15 is 0 Å². The minimum Gasteiger partial charge on any atom is -0.480 e. The Kier molecular flexibility index (Phi) is 20.0. The van der Waals surface area contributed by atoms with Crippen LogP contribution in [0.1, 0.15) is 103 Å². The van der Waals surface area contributed by atoms with Gasteiger partial charge in [0.15, 0.2) is 0 Å². The first-order chi connectivity index (χ1) is 13.6. The van der Waals surface area contributed by atoms with E-state index in [1.165, 1.54) is 70.6 Å². The van der Waals surface area contributed by atoms with Gasteiger partial charge in [-0.25, -0.2) is 4.79 Å². The highest BCUT2D eigenvalue weighted by Crippen LogP contribution is 2.11. The summed E-state index contributed by atoms with van der Waals surface area (Å²) in [5.74, 6) is -0.322. The SMILES string of the molecule is CCCCC/C=C\CCCCCCCCCCC(=O)NC(CCSC)C(=O)O. The Labute approximate surface area is 177 Å². The van der Waals surface area contributed by atoms with Gasteiger partial charge in [-0.1, -0.05) is 70.4 Å². The summed E-state index contributed by atoms with van der Waals surface area (Å²) in [4.78, 5) is 23.0.